The summed E-state index contributed by atoms with van der Waals surface area (Å²) in [5.41, 5.74) is 2.40. The van der Waals surface area contributed by atoms with Crippen LogP contribution >= 0.6 is 0 Å². The molecular formula is C16H25N3O2. The first-order valence-corrected chi connectivity index (χ1v) is 7.56. The molecule has 2 rings (SSSR count). The fraction of sp³-hybridized carbons (Fsp3) is 0.562. The zero-order valence-electron chi connectivity index (χ0n) is 12.9. The second-order valence-electron chi connectivity index (χ2n) is 5.31. The van der Waals surface area contributed by atoms with Gasteiger partial charge in [0.15, 0.2) is 0 Å². The highest BCUT2D eigenvalue weighted by molar-refractivity contribution is 5.85. The zero-order valence-corrected chi connectivity index (χ0v) is 12.9. The van der Waals surface area contributed by atoms with Gasteiger partial charge in [0.2, 0.25) is 5.91 Å². The van der Waals surface area contributed by atoms with E-state index >= 15 is 0 Å². The summed E-state index contributed by atoms with van der Waals surface area (Å²) in [4.78, 5) is 14.5. The maximum atomic E-state index is 12.3. The number of hydrogen-bond acceptors (Lipinski definition) is 4. The Kier molecular flexibility index (Phi) is 6.02. The van der Waals surface area contributed by atoms with Crippen LogP contribution in [0.5, 0.6) is 0 Å². The number of amides is 1. The minimum Gasteiger partial charge on any atom is -0.385 e. The topological polar surface area (TPSA) is 53.6 Å². The van der Waals surface area contributed by atoms with Crippen molar-refractivity contribution >= 4 is 11.6 Å². The van der Waals surface area contributed by atoms with Crippen LogP contribution < -0.4 is 15.5 Å². The van der Waals surface area contributed by atoms with E-state index in [0.29, 0.717) is 13.2 Å². The van der Waals surface area contributed by atoms with Gasteiger partial charge in [0, 0.05) is 45.6 Å². The molecule has 1 amide bonds. The highest BCUT2D eigenvalue weighted by Gasteiger charge is 2.24. The summed E-state index contributed by atoms with van der Waals surface area (Å²) in [6.07, 6.45) is 0.840. The molecule has 21 heavy (non-hydrogen) atoms. The summed E-state index contributed by atoms with van der Waals surface area (Å²) >= 11 is 0. The third kappa shape index (κ3) is 4.19. The Morgan fingerprint density at radius 1 is 1.48 bits per heavy atom. The number of carbonyl (C=O) groups excluding carboxylic acids is 1. The lowest BCUT2D eigenvalue weighted by molar-refractivity contribution is -0.122. The van der Waals surface area contributed by atoms with Crippen LogP contribution in [-0.4, -0.2) is 45.3 Å². The Morgan fingerprint density at radius 2 is 2.29 bits per heavy atom. The Morgan fingerprint density at radius 3 is 3.10 bits per heavy atom. The van der Waals surface area contributed by atoms with Gasteiger partial charge in [-0.2, -0.15) is 0 Å². The molecule has 0 bridgehead atoms. The molecule has 5 heteroatoms. The number of para-hydroxylation sites is 1. The summed E-state index contributed by atoms with van der Waals surface area (Å²) in [5.74, 6) is 0.0720. The molecule has 0 radical (unpaired) electrons. The zero-order chi connectivity index (χ0) is 15.1. The van der Waals surface area contributed by atoms with Gasteiger partial charge in [0.25, 0.3) is 0 Å². The lowest BCUT2D eigenvalue weighted by Gasteiger charge is -2.30. The number of anilines is 1. The predicted molar refractivity (Wildman–Crippen MR) is 84.5 cm³/mol. The van der Waals surface area contributed by atoms with Crippen LogP contribution in [0.15, 0.2) is 24.3 Å². The minimum atomic E-state index is -0.173. The number of nitrogens with one attached hydrogen (secondary N) is 2. The van der Waals surface area contributed by atoms with E-state index in [2.05, 4.69) is 27.7 Å². The molecule has 1 aliphatic rings. The first-order valence-electron chi connectivity index (χ1n) is 7.56. The largest absolute Gasteiger partial charge is 0.385 e. The van der Waals surface area contributed by atoms with Crippen molar-refractivity contribution in [2.24, 2.45) is 0 Å². The molecule has 2 N–H and O–H groups in total. The normalized spacial score (nSPS) is 16.0. The quantitative estimate of drug-likeness (QED) is 0.772. The standard InChI is InChI=1S/C16H25N3O2/c1-13(16(20)18-8-5-11-21-2)19-10-9-17-12-14-6-3-4-7-15(14)19/h3-4,6-7,13,17H,5,8-12H2,1-2H3,(H,18,20). The first-order chi connectivity index (χ1) is 10.2. The van der Waals surface area contributed by atoms with E-state index < -0.39 is 0 Å². The van der Waals surface area contributed by atoms with Crippen LogP contribution in [0, 0.1) is 0 Å². The first kappa shape index (κ1) is 15.8. The van der Waals surface area contributed by atoms with Crippen LogP contribution in [0.1, 0.15) is 18.9 Å². The minimum absolute atomic E-state index is 0.0720. The summed E-state index contributed by atoms with van der Waals surface area (Å²) in [6, 6.07) is 8.11. The number of hydrogen-bond donors (Lipinski definition) is 2. The number of carbonyl (C=O) groups is 1. The average molecular weight is 291 g/mol. The molecule has 1 aliphatic heterocycles. The predicted octanol–water partition coefficient (Wildman–Crippen LogP) is 1.14. The van der Waals surface area contributed by atoms with Crippen LogP contribution in [0.3, 0.4) is 0 Å². The van der Waals surface area contributed by atoms with Gasteiger partial charge in [-0.25, -0.2) is 0 Å². The fourth-order valence-electron chi connectivity index (χ4n) is 2.60. The van der Waals surface area contributed by atoms with E-state index in [0.717, 1.165) is 31.7 Å². The molecule has 0 saturated carbocycles. The van der Waals surface area contributed by atoms with E-state index in [1.807, 2.05) is 19.1 Å². The highest BCUT2D eigenvalue weighted by atomic mass is 16.5. The molecule has 1 unspecified atom stereocenters. The second kappa shape index (κ2) is 8.00. The maximum absolute atomic E-state index is 12.3. The molecular weight excluding hydrogens is 266 g/mol. The average Bonchev–Trinajstić information content (AvgIpc) is 2.73. The molecule has 1 aromatic rings. The van der Waals surface area contributed by atoms with Gasteiger partial charge in [-0.15, -0.1) is 0 Å². The molecule has 1 atom stereocenters. The number of methoxy groups -OCH3 is 1. The van der Waals surface area contributed by atoms with Gasteiger partial charge in [-0.3, -0.25) is 4.79 Å². The highest BCUT2D eigenvalue weighted by Crippen LogP contribution is 2.24. The molecule has 0 saturated heterocycles. The van der Waals surface area contributed by atoms with E-state index in [9.17, 15) is 4.79 Å². The van der Waals surface area contributed by atoms with Crippen molar-refractivity contribution in [3.63, 3.8) is 0 Å². The maximum Gasteiger partial charge on any atom is 0.242 e. The number of ether oxygens (including phenoxy) is 1. The Balaban J connectivity index is 2.01. The van der Waals surface area contributed by atoms with Gasteiger partial charge in [-0.1, -0.05) is 18.2 Å². The van der Waals surface area contributed by atoms with Crippen LogP contribution in [0.25, 0.3) is 0 Å². The molecule has 116 valence electrons. The second-order valence-corrected chi connectivity index (χ2v) is 5.31. The van der Waals surface area contributed by atoms with Gasteiger partial charge < -0.3 is 20.3 Å². The lowest BCUT2D eigenvalue weighted by Crippen LogP contribution is -2.47. The van der Waals surface area contributed by atoms with Crippen molar-refractivity contribution in [1.29, 1.82) is 0 Å². The van der Waals surface area contributed by atoms with Gasteiger partial charge >= 0.3 is 0 Å². The molecule has 0 fully saturated rings. The van der Waals surface area contributed by atoms with Gasteiger partial charge in [0.05, 0.1) is 0 Å². The number of benzene rings is 1. The lowest BCUT2D eigenvalue weighted by atomic mass is 10.1. The summed E-state index contributed by atoms with van der Waals surface area (Å²) < 4.78 is 4.99. The van der Waals surface area contributed by atoms with Crippen molar-refractivity contribution in [1.82, 2.24) is 10.6 Å². The third-order valence-electron chi connectivity index (χ3n) is 3.82. The van der Waals surface area contributed by atoms with E-state index in [1.165, 1.54) is 5.56 Å². The Labute approximate surface area is 126 Å². The smallest absolute Gasteiger partial charge is 0.242 e. The van der Waals surface area contributed by atoms with E-state index in [1.54, 1.807) is 7.11 Å². The molecule has 0 aliphatic carbocycles. The molecule has 0 aromatic heterocycles. The van der Waals surface area contributed by atoms with Crippen molar-refractivity contribution in [3.8, 4) is 0 Å². The van der Waals surface area contributed by atoms with Crippen molar-refractivity contribution in [3.05, 3.63) is 29.8 Å². The van der Waals surface area contributed by atoms with E-state index in [-0.39, 0.29) is 11.9 Å². The number of rotatable bonds is 6. The summed E-state index contributed by atoms with van der Waals surface area (Å²) in [5, 5.41) is 6.38. The van der Waals surface area contributed by atoms with Crippen molar-refractivity contribution in [2.45, 2.75) is 25.9 Å². The third-order valence-corrected chi connectivity index (χ3v) is 3.82. The Hall–Kier alpha value is -1.59. The van der Waals surface area contributed by atoms with Gasteiger partial charge in [0.1, 0.15) is 6.04 Å². The van der Waals surface area contributed by atoms with Crippen LogP contribution in [-0.2, 0) is 16.1 Å². The molecule has 1 heterocycles. The number of nitrogens with zero attached hydrogens (tertiary/aromatic N) is 1. The summed E-state index contributed by atoms with van der Waals surface area (Å²) in [7, 11) is 1.67. The summed E-state index contributed by atoms with van der Waals surface area (Å²) in [6.45, 7) is 5.87. The van der Waals surface area contributed by atoms with Crippen molar-refractivity contribution < 1.29 is 9.53 Å². The molecule has 5 nitrogen and oxygen atoms in total. The van der Waals surface area contributed by atoms with Crippen LogP contribution in [0.2, 0.25) is 0 Å². The van der Waals surface area contributed by atoms with Gasteiger partial charge in [-0.05, 0) is 25.0 Å². The SMILES string of the molecule is COCCCNC(=O)C(C)N1CCNCc2ccccc21. The van der Waals surface area contributed by atoms with Crippen LogP contribution in [0.4, 0.5) is 5.69 Å². The van der Waals surface area contributed by atoms with Crippen molar-refractivity contribution in [2.75, 3.05) is 38.3 Å². The molecule has 0 spiro atoms. The number of fused-ring (bicyclic) bond motifs is 1. The Bertz CT molecular complexity index is 465. The fourth-order valence-corrected chi connectivity index (χ4v) is 2.60. The molecule has 1 aromatic carbocycles. The van der Waals surface area contributed by atoms with E-state index in [4.69, 9.17) is 4.74 Å². The monoisotopic (exact) mass is 291 g/mol.